The van der Waals surface area contributed by atoms with Crippen LogP contribution < -0.4 is 0 Å². The molecule has 0 bridgehead atoms. The number of rotatable bonds is 4. The molecule has 0 fully saturated rings. The van der Waals surface area contributed by atoms with Crippen LogP contribution in [0.2, 0.25) is 0 Å². The molecule has 1 aromatic rings. The summed E-state index contributed by atoms with van der Waals surface area (Å²) in [4.78, 5) is 13.8. The molecule has 2 nitrogen and oxygen atoms in total. The molecular weight excluding hydrogens is 193 g/mol. The van der Waals surface area contributed by atoms with E-state index in [-0.39, 0.29) is 17.6 Å². The number of hydrogen-bond donors (Lipinski definition) is 0. The normalized spacial score (nSPS) is 12.9. The Hall–Kier alpha value is -1.22. The zero-order valence-electron chi connectivity index (χ0n) is 9.33. The van der Waals surface area contributed by atoms with Crippen LogP contribution >= 0.6 is 0 Å². The van der Waals surface area contributed by atoms with E-state index in [9.17, 15) is 9.18 Å². The van der Waals surface area contributed by atoms with Crippen LogP contribution in [0.1, 0.15) is 23.7 Å². The summed E-state index contributed by atoms with van der Waals surface area (Å²) in [5.74, 6) is -0.271. The number of ketones is 1. The third-order valence-corrected chi connectivity index (χ3v) is 2.44. The van der Waals surface area contributed by atoms with E-state index in [1.807, 2.05) is 25.9 Å². The zero-order valence-corrected chi connectivity index (χ0v) is 9.33. The fourth-order valence-corrected chi connectivity index (χ4v) is 1.59. The highest BCUT2D eigenvalue weighted by molar-refractivity contribution is 5.99. The second-order valence-electron chi connectivity index (χ2n) is 3.76. The molecule has 0 radical (unpaired) electrons. The Kier molecular flexibility index (Phi) is 3.97. The number of likely N-dealkylation sites (N-methyl/N-ethyl adjacent to an activating group) is 1. The minimum Gasteiger partial charge on any atom is -0.299 e. The summed E-state index contributed by atoms with van der Waals surface area (Å²) >= 11 is 0. The summed E-state index contributed by atoms with van der Waals surface area (Å²) < 4.78 is 12.7. The summed E-state index contributed by atoms with van der Waals surface area (Å²) in [6.07, 6.45) is 0.753. The van der Waals surface area contributed by atoms with Crippen molar-refractivity contribution < 1.29 is 9.18 Å². The van der Waals surface area contributed by atoms with Crippen LogP contribution in [0.5, 0.6) is 0 Å². The number of nitrogens with zero attached hydrogens (tertiary/aromatic N) is 1. The summed E-state index contributed by atoms with van der Waals surface area (Å²) in [5.41, 5.74) is 0.567. The summed E-state index contributed by atoms with van der Waals surface area (Å²) in [5, 5.41) is 0. The fourth-order valence-electron chi connectivity index (χ4n) is 1.59. The van der Waals surface area contributed by atoms with Gasteiger partial charge in [0.05, 0.1) is 6.04 Å². The summed E-state index contributed by atoms with van der Waals surface area (Å²) in [6, 6.07) is 5.56. The maximum Gasteiger partial charge on any atom is 0.179 e. The number of carbonyl (C=O) groups excluding carboxylic acids is 1. The Bertz CT molecular complexity index is 332. The van der Waals surface area contributed by atoms with Gasteiger partial charge in [0.2, 0.25) is 0 Å². The van der Waals surface area contributed by atoms with Gasteiger partial charge in [-0.1, -0.05) is 6.92 Å². The lowest BCUT2D eigenvalue weighted by molar-refractivity contribution is 0.0871. The Morgan fingerprint density at radius 2 is 1.87 bits per heavy atom. The third-order valence-electron chi connectivity index (χ3n) is 2.44. The maximum absolute atomic E-state index is 12.7. The van der Waals surface area contributed by atoms with Crippen LogP contribution in [0.15, 0.2) is 24.3 Å². The third kappa shape index (κ3) is 2.86. The highest BCUT2D eigenvalue weighted by Gasteiger charge is 2.19. The van der Waals surface area contributed by atoms with Gasteiger partial charge in [-0.05, 0) is 44.8 Å². The van der Waals surface area contributed by atoms with Gasteiger partial charge >= 0.3 is 0 Å². The summed E-state index contributed by atoms with van der Waals surface area (Å²) in [7, 11) is 3.74. The standard InChI is InChI=1S/C12H16FNO/c1-4-11(14(2)3)12(15)9-5-7-10(13)8-6-9/h5-8,11H,4H2,1-3H3. The lowest BCUT2D eigenvalue weighted by Gasteiger charge is -2.21. The molecule has 0 spiro atoms. The number of benzene rings is 1. The van der Waals surface area contributed by atoms with Crippen LogP contribution in [0, 0.1) is 5.82 Å². The SMILES string of the molecule is CCC(C(=O)c1ccc(F)cc1)N(C)C. The van der Waals surface area contributed by atoms with Crippen molar-refractivity contribution in [2.75, 3.05) is 14.1 Å². The van der Waals surface area contributed by atoms with Crippen molar-refractivity contribution in [3.05, 3.63) is 35.6 Å². The Labute approximate surface area is 89.7 Å². The molecule has 15 heavy (non-hydrogen) atoms. The van der Waals surface area contributed by atoms with Gasteiger partial charge in [-0.15, -0.1) is 0 Å². The van der Waals surface area contributed by atoms with E-state index in [2.05, 4.69) is 0 Å². The van der Waals surface area contributed by atoms with Crippen LogP contribution in [-0.2, 0) is 0 Å². The van der Waals surface area contributed by atoms with Crippen molar-refractivity contribution in [2.24, 2.45) is 0 Å². The van der Waals surface area contributed by atoms with Crippen LogP contribution in [0.4, 0.5) is 4.39 Å². The van der Waals surface area contributed by atoms with Crippen molar-refractivity contribution in [1.29, 1.82) is 0 Å². The second-order valence-corrected chi connectivity index (χ2v) is 3.76. The van der Waals surface area contributed by atoms with Crippen molar-refractivity contribution in [3.8, 4) is 0 Å². The van der Waals surface area contributed by atoms with Gasteiger partial charge in [0.1, 0.15) is 5.82 Å². The predicted octanol–water partition coefficient (Wildman–Crippen LogP) is 2.35. The highest BCUT2D eigenvalue weighted by atomic mass is 19.1. The highest BCUT2D eigenvalue weighted by Crippen LogP contribution is 2.10. The second kappa shape index (κ2) is 5.03. The van der Waals surface area contributed by atoms with Gasteiger partial charge in [-0.2, -0.15) is 0 Å². The summed E-state index contributed by atoms with van der Waals surface area (Å²) in [6.45, 7) is 1.96. The first-order valence-corrected chi connectivity index (χ1v) is 5.02. The van der Waals surface area contributed by atoms with Gasteiger partial charge in [0, 0.05) is 5.56 Å². The van der Waals surface area contributed by atoms with E-state index >= 15 is 0 Å². The predicted molar refractivity (Wildman–Crippen MR) is 58.5 cm³/mol. The molecule has 0 saturated heterocycles. The molecule has 0 N–H and O–H groups in total. The van der Waals surface area contributed by atoms with Gasteiger partial charge < -0.3 is 0 Å². The van der Waals surface area contributed by atoms with Gasteiger partial charge in [0.15, 0.2) is 5.78 Å². The van der Waals surface area contributed by atoms with Gasteiger partial charge in [0.25, 0.3) is 0 Å². The number of hydrogen-bond acceptors (Lipinski definition) is 2. The van der Waals surface area contributed by atoms with E-state index in [0.717, 1.165) is 6.42 Å². The topological polar surface area (TPSA) is 20.3 Å². The molecule has 1 unspecified atom stereocenters. The van der Waals surface area contributed by atoms with Crippen LogP contribution in [-0.4, -0.2) is 30.8 Å². The molecule has 1 atom stereocenters. The zero-order chi connectivity index (χ0) is 11.4. The first-order chi connectivity index (χ1) is 7.06. The Morgan fingerprint density at radius 1 is 1.33 bits per heavy atom. The fraction of sp³-hybridized carbons (Fsp3) is 0.417. The maximum atomic E-state index is 12.7. The van der Waals surface area contributed by atoms with Crippen molar-refractivity contribution in [2.45, 2.75) is 19.4 Å². The molecule has 82 valence electrons. The lowest BCUT2D eigenvalue weighted by Crippen LogP contribution is -2.35. The lowest BCUT2D eigenvalue weighted by atomic mass is 10.0. The largest absolute Gasteiger partial charge is 0.299 e. The Morgan fingerprint density at radius 3 is 2.27 bits per heavy atom. The van der Waals surface area contributed by atoms with Crippen molar-refractivity contribution in [3.63, 3.8) is 0 Å². The average molecular weight is 209 g/mol. The molecule has 3 heteroatoms. The molecule has 0 aromatic heterocycles. The van der Waals surface area contributed by atoms with E-state index in [1.165, 1.54) is 24.3 Å². The average Bonchev–Trinajstić information content (AvgIpc) is 2.19. The quantitative estimate of drug-likeness (QED) is 0.709. The molecule has 1 aromatic carbocycles. The van der Waals surface area contributed by atoms with E-state index in [0.29, 0.717) is 5.56 Å². The first-order valence-electron chi connectivity index (χ1n) is 5.02. The minimum atomic E-state index is -0.315. The number of carbonyl (C=O) groups is 1. The molecule has 0 aliphatic rings. The Balaban J connectivity index is 2.88. The smallest absolute Gasteiger partial charge is 0.179 e. The van der Waals surface area contributed by atoms with E-state index < -0.39 is 0 Å². The van der Waals surface area contributed by atoms with Gasteiger partial charge in [-0.3, -0.25) is 9.69 Å². The molecule has 0 saturated carbocycles. The van der Waals surface area contributed by atoms with E-state index in [1.54, 1.807) is 0 Å². The first kappa shape index (κ1) is 11.9. The minimum absolute atomic E-state index is 0.0440. The molecule has 1 rings (SSSR count). The molecule has 0 amide bonds. The van der Waals surface area contributed by atoms with Crippen molar-refractivity contribution >= 4 is 5.78 Å². The molecule has 0 aliphatic heterocycles. The molecule has 0 heterocycles. The van der Waals surface area contributed by atoms with Crippen molar-refractivity contribution in [1.82, 2.24) is 4.90 Å². The number of halogens is 1. The van der Waals surface area contributed by atoms with Crippen LogP contribution in [0.25, 0.3) is 0 Å². The number of Topliss-reactive ketones (excluding diaryl/α,β-unsaturated/α-hetero) is 1. The van der Waals surface area contributed by atoms with Crippen LogP contribution in [0.3, 0.4) is 0 Å². The monoisotopic (exact) mass is 209 g/mol. The molecular formula is C12H16FNO. The van der Waals surface area contributed by atoms with Gasteiger partial charge in [-0.25, -0.2) is 4.39 Å². The molecule has 0 aliphatic carbocycles. The van der Waals surface area contributed by atoms with E-state index in [4.69, 9.17) is 0 Å².